The number of halogens is 1. The normalized spacial score (nSPS) is 11.3. The van der Waals surface area contributed by atoms with E-state index in [9.17, 15) is 17.6 Å². The van der Waals surface area contributed by atoms with Gasteiger partial charge in [0.2, 0.25) is 15.9 Å². The van der Waals surface area contributed by atoms with Crippen LogP contribution in [-0.4, -0.2) is 27.4 Å². The number of hydrogen-bond donors (Lipinski definition) is 2. The number of rotatable bonds is 9. The summed E-state index contributed by atoms with van der Waals surface area (Å²) in [5.74, 6) is -0.400. The van der Waals surface area contributed by atoms with Crippen LogP contribution < -0.4 is 10.0 Å². The molecule has 0 bridgehead atoms. The zero-order chi connectivity index (χ0) is 19.0. The van der Waals surface area contributed by atoms with Gasteiger partial charge in [-0.05, 0) is 48.2 Å². The quantitative estimate of drug-likeness (QED) is 0.704. The standard InChI is InChI=1S/C19H23FN2O3S/c1-2-22-26(24,25)18-9-6-15(7-10-18)12-13-21-19(23)11-8-16-4-3-5-17(20)14-16/h3-7,9-10,14,22H,2,8,11-13H2,1H3,(H,21,23). The van der Waals surface area contributed by atoms with Gasteiger partial charge in [0, 0.05) is 19.5 Å². The summed E-state index contributed by atoms with van der Waals surface area (Å²) in [6.07, 6.45) is 1.39. The molecule has 0 heterocycles. The van der Waals surface area contributed by atoms with Gasteiger partial charge in [0.25, 0.3) is 0 Å². The fraction of sp³-hybridized carbons (Fsp3) is 0.316. The Labute approximate surface area is 153 Å². The lowest BCUT2D eigenvalue weighted by atomic mass is 10.1. The molecule has 2 aromatic carbocycles. The average Bonchev–Trinajstić information content (AvgIpc) is 2.60. The molecule has 2 rings (SSSR count). The first-order valence-corrected chi connectivity index (χ1v) is 9.99. The third kappa shape index (κ3) is 6.24. The molecule has 0 aliphatic carbocycles. The molecule has 0 aliphatic heterocycles. The highest BCUT2D eigenvalue weighted by atomic mass is 32.2. The number of nitrogens with one attached hydrogen (secondary N) is 2. The van der Waals surface area contributed by atoms with Crippen LogP contribution in [-0.2, 0) is 27.7 Å². The SMILES string of the molecule is CCNS(=O)(=O)c1ccc(CCNC(=O)CCc2cccc(F)c2)cc1. The van der Waals surface area contributed by atoms with Crippen molar-refractivity contribution in [3.05, 3.63) is 65.5 Å². The molecule has 0 saturated heterocycles. The predicted molar refractivity (Wildman–Crippen MR) is 98.7 cm³/mol. The monoisotopic (exact) mass is 378 g/mol. The van der Waals surface area contributed by atoms with E-state index in [2.05, 4.69) is 10.0 Å². The molecule has 0 unspecified atom stereocenters. The van der Waals surface area contributed by atoms with Crippen LogP contribution in [0.4, 0.5) is 4.39 Å². The maximum atomic E-state index is 13.1. The van der Waals surface area contributed by atoms with E-state index < -0.39 is 10.0 Å². The maximum absolute atomic E-state index is 13.1. The minimum atomic E-state index is -3.44. The Balaban J connectivity index is 1.76. The Morgan fingerprint density at radius 3 is 2.42 bits per heavy atom. The highest BCUT2D eigenvalue weighted by Gasteiger charge is 2.11. The van der Waals surface area contributed by atoms with E-state index in [4.69, 9.17) is 0 Å². The highest BCUT2D eigenvalue weighted by molar-refractivity contribution is 7.89. The number of benzene rings is 2. The lowest BCUT2D eigenvalue weighted by Gasteiger charge is -2.07. The van der Waals surface area contributed by atoms with Crippen LogP contribution in [0.3, 0.4) is 0 Å². The Kier molecular flexibility index (Phi) is 7.29. The van der Waals surface area contributed by atoms with Crippen LogP contribution in [0.2, 0.25) is 0 Å². The molecule has 2 N–H and O–H groups in total. The van der Waals surface area contributed by atoms with Gasteiger partial charge in [-0.1, -0.05) is 31.2 Å². The smallest absolute Gasteiger partial charge is 0.240 e. The summed E-state index contributed by atoms with van der Waals surface area (Å²) in [5.41, 5.74) is 1.73. The Bertz CT molecular complexity index is 836. The van der Waals surface area contributed by atoms with Crippen molar-refractivity contribution in [1.82, 2.24) is 10.0 Å². The van der Waals surface area contributed by atoms with Gasteiger partial charge in [0.05, 0.1) is 4.90 Å². The number of carbonyl (C=O) groups is 1. The van der Waals surface area contributed by atoms with Gasteiger partial charge in [-0.25, -0.2) is 17.5 Å². The van der Waals surface area contributed by atoms with Crippen molar-refractivity contribution >= 4 is 15.9 Å². The number of carbonyl (C=O) groups excluding carboxylic acids is 1. The molecule has 0 saturated carbocycles. The Morgan fingerprint density at radius 2 is 1.77 bits per heavy atom. The second-order valence-electron chi connectivity index (χ2n) is 5.88. The van der Waals surface area contributed by atoms with Crippen molar-refractivity contribution in [2.45, 2.75) is 31.1 Å². The summed E-state index contributed by atoms with van der Waals surface area (Å²) in [4.78, 5) is 12.1. The molecular weight excluding hydrogens is 355 g/mol. The number of amides is 1. The molecule has 0 aromatic heterocycles. The Morgan fingerprint density at radius 1 is 1.04 bits per heavy atom. The van der Waals surface area contributed by atoms with Crippen LogP contribution in [0.25, 0.3) is 0 Å². The van der Waals surface area contributed by atoms with E-state index in [1.807, 2.05) is 0 Å². The number of aryl methyl sites for hydroxylation is 1. The largest absolute Gasteiger partial charge is 0.356 e. The van der Waals surface area contributed by atoms with E-state index in [0.717, 1.165) is 11.1 Å². The van der Waals surface area contributed by atoms with Gasteiger partial charge in [0.15, 0.2) is 0 Å². The molecule has 2 aromatic rings. The molecule has 1 amide bonds. The molecule has 140 valence electrons. The molecule has 0 radical (unpaired) electrons. The summed E-state index contributed by atoms with van der Waals surface area (Å²) >= 11 is 0. The van der Waals surface area contributed by atoms with E-state index in [1.54, 1.807) is 43.3 Å². The van der Waals surface area contributed by atoms with Crippen molar-refractivity contribution in [2.75, 3.05) is 13.1 Å². The van der Waals surface area contributed by atoms with Gasteiger partial charge >= 0.3 is 0 Å². The summed E-state index contributed by atoms with van der Waals surface area (Å²) in [5, 5.41) is 2.82. The van der Waals surface area contributed by atoms with Crippen molar-refractivity contribution < 1.29 is 17.6 Å². The molecule has 0 spiro atoms. The van der Waals surface area contributed by atoms with Crippen molar-refractivity contribution in [1.29, 1.82) is 0 Å². The second kappa shape index (κ2) is 9.45. The zero-order valence-electron chi connectivity index (χ0n) is 14.7. The minimum Gasteiger partial charge on any atom is -0.356 e. The zero-order valence-corrected chi connectivity index (χ0v) is 15.5. The van der Waals surface area contributed by atoms with Crippen molar-refractivity contribution in [2.24, 2.45) is 0 Å². The first-order valence-electron chi connectivity index (χ1n) is 8.50. The highest BCUT2D eigenvalue weighted by Crippen LogP contribution is 2.11. The van der Waals surface area contributed by atoms with Crippen LogP contribution in [0.1, 0.15) is 24.5 Å². The van der Waals surface area contributed by atoms with Crippen LogP contribution >= 0.6 is 0 Å². The second-order valence-corrected chi connectivity index (χ2v) is 7.64. The Hall–Kier alpha value is -2.25. The van der Waals surface area contributed by atoms with E-state index in [0.29, 0.717) is 32.4 Å². The van der Waals surface area contributed by atoms with Crippen LogP contribution in [0.15, 0.2) is 53.4 Å². The third-order valence-corrected chi connectivity index (χ3v) is 5.40. The van der Waals surface area contributed by atoms with E-state index in [1.165, 1.54) is 12.1 Å². The van der Waals surface area contributed by atoms with Gasteiger partial charge in [-0.3, -0.25) is 4.79 Å². The minimum absolute atomic E-state index is 0.0967. The summed E-state index contributed by atoms with van der Waals surface area (Å²) < 4.78 is 39.3. The number of sulfonamides is 1. The lowest BCUT2D eigenvalue weighted by Crippen LogP contribution is -2.26. The third-order valence-electron chi connectivity index (χ3n) is 3.83. The maximum Gasteiger partial charge on any atom is 0.240 e. The predicted octanol–water partition coefficient (Wildman–Crippen LogP) is 2.42. The topological polar surface area (TPSA) is 75.3 Å². The number of hydrogen-bond acceptors (Lipinski definition) is 3. The molecule has 5 nitrogen and oxygen atoms in total. The van der Waals surface area contributed by atoms with Gasteiger partial charge in [-0.2, -0.15) is 0 Å². The molecular formula is C19H23FN2O3S. The first-order chi connectivity index (χ1) is 12.4. The molecule has 0 aliphatic rings. The summed E-state index contributed by atoms with van der Waals surface area (Å²) in [6, 6.07) is 12.8. The van der Waals surface area contributed by atoms with Crippen molar-refractivity contribution in [3.63, 3.8) is 0 Å². The fourth-order valence-electron chi connectivity index (χ4n) is 2.49. The fourth-order valence-corrected chi connectivity index (χ4v) is 3.53. The summed E-state index contributed by atoms with van der Waals surface area (Å²) in [7, 11) is -3.44. The first kappa shape index (κ1) is 20.1. The van der Waals surface area contributed by atoms with Gasteiger partial charge < -0.3 is 5.32 Å². The van der Waals surface area contributed by atoms with Crippen molar-refractivity contribution in [3.8, 4) is 0 Å². The van der Waals surface area contributed by atoms with E-state index in [-0.39, 0.29) is 16.6 Å². The molecule has 26 heavy (non-hydrogen) atoms. The van der Waals surface area contributed by atoms with Gasteiger partial charge in [0.1, 0.15) is 5.82 Å². The van der Waals surface area contributed by atoms with Crippen LogP contribution in [0, 0.1) is 5.82 Å². The molecule has 0 fully saturated rings. The van der Waals surface area contributed by atoms with E-state index >= 15 is 0 Å². The average molecular weight is 378 g/mol. The summed E-state index contributed by atoms with van der Waals surface area (Å²) in [6.45, 7) is 2.52. The molecule has 0 atom stereocenters. The molecule has 7 heteroatoms. The van der Waals surface area contributed by atoms with Gasteiger partial charge in [-0.15, -0.1) is 0 Å². The lowest BCUT2D eigenvalue weighted by molar-refractivity contribution is -0.121. The van der Waals surface area contributed by atoms with Crippen LogP contribution in [0.5, 0.6) is 0 Å².